The molecule has 0 N–H and O–H groups in total. The molecule has 1 aromatic heterocycles. The van der Waals surface area contributed by atoms with Crippen molar-refractivity contribution in [2.75, 3.05) is 0 Å². The van der Waals surface area contributed by atoms with Crippen LogP contribution in [-0.4, -0.2) is 11.1 Å². The fourth-order valence-electron chi connectivity index (χ4n) is 1.62. The van der Waals surface area contributed by atoms with Gasteiger partial charge in [0.25, 0.3) is 5.88 Å². The minimum atomic E-state index is -0.366. The van der Waals surface area contributed by atoms with Crippen molar-refractivity contribution in [2.45, 2.75) is 31.8 Å². The zero-order chi connectivity index (χ0) is 9.10. The van der Waals surface area contributed by atoms with E-state index in [1.165, 1.54) is 18.9 Å². The molecule has 2 rings (SSSR count). The first-order chi connectivity index (χ1) is 6.36. The zero-order valence-corrected chi connectivity index (χ0v) is 7.37. The van der Waals surface area contributed by atoms with E-state index in [9.17, 15) is 4.39 Å². The monoisotopic (exact) mass is 181 g/mol. The Balaban J connectivity index is 2.04. The molecule has 0 saturated heterocycles. The molecule has 1 heterocycles. The molecule has 3 heteroatoms. The van der Waals surface area contributed by atoms with Crippen molar-refractivity contribution in [1.82, 2.24) is 4.98 Å². The lowest BCUT2D eigenvalue weighted by Crippen LogP contribution is -2.12. The van der Waals surface area contributed by atoms with E-state index < -0.39 is 0 Å². The number of ether oxygens (including phenoxy) is 1. The SMILES string of the molecule is Fc1cccnc1OC1CCCC1. The quantitative estimate of drug-likeness (QED) is 0.699. The molecule has 70 valence electrons. The predicted molar refractivity (Wildman–Crippen MR) is 47.1 cm³/mol. The molecule has 0 unspecified atom stereocenters. The number of rotatable bonds is 2. The first kappa shape index (κ1) is 8.48. The van der Waals surface area contributed by atoms with E-state index in [4.69, 9.17) is 4.74 Å². The number of nitrogens with zero attached hydrogens (tertiary/aromatic N) is 1. The van der Waals surface area contributed by atoms with E-state index in [0.717, 1.165) is 12.8 Å². The summed E-state index contributed by atoms with van der Waals surface area (Å²) in [4.78, 5) is 3.84. The average molecular weight is 181 g/mol. The van der Waals surface area contributed by atoms with E-state index >= 15 is 0 Å². The Hall–Kier alpha value is -1.12. The smallest absolute Gasteiger partial charge is 0.250 e. The zero-order valence-electron chi connectivity index (χ0n) is 7.37. The standard InChI is InChI=1S/C10H12FNO/c11-9-6-3-7-12-10(9)13-8-4-1-2-5-8/h3,6-8H,1-2,4-5H2. The van der Waals surface area contributed by atoms with Crippen LogP contribution in [-0.2, 0) is 0 Å². The van der Waals surface area contributed by atoms with E-state index in [2.05, 4.69) is 4.98 Å². The molecule has 1 fully saturated rings. The van der Waals surface area contributed by atoms with Crippen molar-refractivity contribution in [3.05, 3.63) is 24.1 Å². The van der Waals surface area contributed by atoms with Gasteiger partial charge in [-0.05, 0) is 37.8 Å². The van der Waals surface area contributed by atoms with Gasteiger partial charge in [0.15, 0.2) is 5.82 Å². The van der Waals surface area contributed by atoms with Crippen LogP contribution in [0.2, 0.25) is 0 Å². The normalized spacial score (nSPS) is 17.6. The molecular weight excluding hydrogens is 169 g/mol. The van der Waals surface area contributed by atoms with Crippen LogP contribution in [0.5, 0.6) is 5.88 Å². The Morgan fingerprint density at radius 3 is 2.85 bits per heavy atom. The molecule has 0 amide bonds. The minimum Gasteiger partial charge on any atom is -0.472 e. The van der Waals surface area contributed by atoms with Crippen molar-refractivity contribution >= 4 is 0 Å². The Bertz CT molecular complexity index is 284. The van der Waals surface area contributed by atoms with Gasteiger partial charge < -0.3 is 4.74 Å². The molecule has 2 nitrogen and oxygen atoms in total. The van der Waals surface area contributed by atoms with E-state index in [1.54, 1.807) is 12.3 Å². The van der Waals surface area contributed by atoms with Crippen LogP contribution < -0.4 is 4.74 Å². The van der Waals surface area contributed by atoms with Crippen LogP contribution in [0.25, 0.3) is 0 Å². The molecule has 0 spiro atoms. The maximum absolute atomic E-state index is 13.1. The number of aromatic nitrogens is 1. The molecule has 0 atom stereocenters. The van der Waals surface area contributed by atoms with Gasteiger partial charge >= 0.3 is 0 Å². The Kier molecular flexibility index (Phi) is 2.43. The third kappa shape index (κ3) is 1.97. The van der Waals surface area contributed by atoms with Crippen molar-refractivity contribution in [1.29, 1.82) is 0 Å². The van der Waals surface area contributed by atoms with Gasteiger partial charge in [-0.25, -0.2) is 9.37 Å². The first-order valence-corrected chi connectivity index (χ1v) is 4.63. The fraction of sp³-hybridized carbons (Fsp3) is 0.500. The van der Waals surface area contributed by atoms with E-state index in [-0.39, 0.29) is 17.8 Å². The van der Waals surface area contributed by atoms with Gasteiger partial charge in [-0.3, -0.25) is 0 Å². The lowest BCUT2D eigenvalue weighted by Gasteiger charge is -2.11. The summed E-state index contributed by atoms with van der Waals surface area (Å²) >= 11 is 0. The van der Waals surface area contributed by atoms with Crippen LogP contribution >= 0.6 is 0 Å². The predicted octanol–water partition coefficient (Wildman–Crippen LogP) is 2.54. The summed E-state index contributed by atoms with van der Waals surface area (Å²) in [5.41, 5.74) is 0. The number of halogens is 1. The molecule has 1 aliphatic carbocycles. The second-order valence-corrected chi connectivity index (χ2v) is 3.31. The molecule has 0 aliphatic heterocycles. The van der Waals surface area contributed by atoms with Crippen LogP contribution in [0.4, 0.5) is 4.39 Å². The Morgan fingerprint density at radius 2 is 2.15 bits per heavy atom. The summed E-state index contributed by atoms with van der Waals surface area (Å²) in [7, 11) is 0. The van der Waals surface area contributed by atoms with Crippen LogP contribution in [0, 0.1) is 5.82 Å². The van der Waals surface area contributed by atoms with Gasteiger partial charge in [0, 0.05) is 6.20 Å². The van der Waals surface area contributed by atoms with Gasteiger partial charge in [0.1, 0.15) is 6.10 Å². The highest BCUT2D eigenvalue weighted by Crippen LogP contribution is 2.23. The summed E-state index contributed by atoms with van der Waals surface area (Å²) in [6.45, 7) is 0. The van der Waals surface area contributed by atoms with Gasteiger partial charge in [-0.1, -0.05) is 0 Å². The summed E-state index contributed by atoms with van der Waals surface area (Å²) in [6, 6.07) is 2.94. The van der Waals surface area contributed by atoms with E-state index in [0.29, 0.717) is 0 Å². The molecule has 0 radical (unpaired) electrons. The summed E-state index contributed by atoms with van der Waals surface area (Å²) in [5.74, 6) is -0.219. The first-order valence-electron chi connectivity index (χ1n) is 4.63. The molecule has 1 aliphatic rings. The van der Waals surface area contributed by atoms with Gasteiger partial charge in [0.2, 0.25) is 0 Å². The second kappa shape index (κ2) is 3.73. The third-order valence-electron chi connectivity index (χ3n) is 2.31. The van der Waals surface area contributed by atoms with Gasteiger partial charge in [-0.2, -0.15) is 0 Å². The largest absolute Gasteiger partial charge is 0.472 e. The summed E-state index contributed by atoms with van der Waals surface area (Å²) in [5, 5.41) is 0. The maximum Gasteiger partial charge on any atom is 0.250 e. The average Bonchev–Trinajstić information content (AvgIpc) is 2.61. The van der Waals surface area contributed by atoms with Crippen molar-refractivity contribution in [3.8, 4) is 5.88 Å². The van der Waals surface area contributed by atoms with E-state index in [1.807, 2.05) is 0 Å². The lowest BCUT2D eigenvalue weighted by molar-refractivity contribution is 0.191. The Labute approximate surface area is 76.7 Å². The highest BCUT2D eigenvalue weighted by atomic mass is 19.1. The van der Waals surface area contributed by atoms with Gasteiger partial charge in [-0.15, -0.1) is 0 Å². The fourth-order valence-corrected chi connectivity index (χ4v) is 1.62. The van der Waals surface area contributed by atoms with Crippen LogP contribution in [0.3, 0.4) is 0 Å². The summed E-state index contributed by atoms with van der Waals surface area (Å²) in [6.07, 6.45) is 6.13. The van der Waals surface area contributed by atoms with Gasteiger partial charge in [0.05, 0.1) is 0 Å². The molecule has 1 aromatic rings. The molecule has 1 saturated carbocycles. The topological polar surface area (TPSA) is 22.1 Å². The number of pyridine rings is 1. The van der Waals surface area contributed by atoms with Crippen molar-refractivity contribution in [3.63, 3.8) is 0 Å². The number of hydrogen-bond acceptors (Lipinski definition) is 2. The lowest BCUT2D eigenvalue weighted by atomic mass is 10.3. The Morgan fingerprint density at radius 1 is 1.38 bits per heavy atom. The summed E-state index contributed by atoms with van der Waals surface area (Å²) < 4.78 is 18.5. The molecule has 0 aromatic carbocycles. The molecular formula is C10H12FNO. The molecule has 13 heavy (non-hydrogen) atoms. The van der Waals surface area contributed by atoms with Crippen molar-refractivity contribution in [2.24, 2.45) is 0 Å². The second-order valence-electron chi connectivity index (χ2n) is 3.31. The highest BCUT2D eigenvalue weighted by Gasteiger charge is 2.18. The van der Waals surface area contributed by atoms with Crippen molar-refractivity contribution < 1.29 is 9.13 Å². The molecule has 0 bridgehead atoms. The number of hydrogen-bond donors (Lipinski definition) is 0. The minimum absolute atomic E-state index is 0.148. The van der Waals surface area contributed by atoms with Crippen LogP contribution in [0.15, 0.2) is 18.3 Å². The highest BCUT2D eigenvalue weighted by molar-refractivity contribution is 5.13. The van der Waals surface area contributed by atoms with Crippen LogP contribution in [0.1, 0.15) is 25.7 Å². The maximum atomic E-state index is 13.1. The third-order valence-corrected chi connectivity index (χ3v) is 2.31.